The van der Waals surface area contributed by atoms with Gasteiger partial charge in [0.15, 0.2) is 0 Å². The van der Waals surface area contributed by atoms with Crippen molar-refractivity contribution in [3.05, 3.63) is 78.1 Å². The van der Waals surface area contributed by atoms with Crippen LogP contribution in [0.1, 0.15) is 28.8 Å². The summed E-state index contributed by atoms with van der Waals surface area (Å²) < 4.78 is 0. The van der Waals surface area contributed by atoms with E-state index >= 15 is 0 Å². The van der Waals surface area contributed by atoms with Crippen LogP contribution in [0.4, 0.5) is 17.3 Å². The molecule has 0 saturated carbocycles. The van der Waals surface area contributed by atoms with Crippen molar-refractivity contribution in [2.45, 2.75) is 18.3 Å². The van der Waals surface area contributed by atoms with E-state index in [1.54, 1.807) is 29.4 Å². The Bertz CT molecular complexity index is 1130. The molecule has 5 rings (SSSR count). The number of benzene rings is 2. The maximum absolute atomic E-state index is 13.3. The van der Waals surface area contributed by atoms with Crippen LogP contribution in [-0.4, -0.2) is 41.9 Å². The molecule has 3 heterocycles. The number of fused-ring (bicyclic) bond motifs is 2. The van der Waals surface area contributed by atoms with Gasteiger partial charge in [0.1, 0.15) is 0 Å². The molecular weight excluding hydrogens is 390 g/mol. The van der Waals surface area contributed by atoms with Crippen molar-refractivity contribution in [3.63, 3.8) is 0 Å². The highest BCUT2D eigenvalue weighted by Gasteiger charge is 2.51. The fourth-order valence-corrected chi connectivity index (χ4v) is 4.65. The van der Waals surface area contributed by atoms with Crippen LogP contribution >= 0.6 is 0 Å². The lowest BCUT2D eigenvalue weighted by Crippen LogP contribution is -2.48. The molecule has 0 bridgehead atoms. The summed E-state index contributed by atoms with van der Waals surface area (Å²) in [6.45, 7) is 1.37. The van der Waals surface area contributed by atoms with Gasteiger partial charge in [-0.1, -0.05) is 18.2 Å². The van der Waals surface area contributed by atoms with Gasteiger partial charge in [-0.15, -0.1) is 0 Å². The number of hydrogen-bond acceptors (Lipinski definition) is 5. The van der Waals surface area contributed by atoms with Gasteiger partial charge in [-0.2, -0.15) is 0 Å². The number of piperidine rings is 1. The van der Waals surface area contributed by atoms with Crippen LogP contribution in [0.5, 0.6) is 0 Å². The Morgan fingerprint density at radius 3 is 2.42 bits per heavy atom. The Kier molecular flexibility index (Phi) is 4.66. The van der Waals surface area contributed by atoms with E-state index in [0.717, 1.165) is 16.9 Å². The van der Waals surface area contributed by atoms with Crippen LogP contribution in [0.2, 0.25) is 0 Å². The Balaban J connectivity index is 1.43. The van der Waals surface area contributed by atoms with Crippen molar-refractivity contribution >= 4 is 29.1 Å². The molecular formula is C24H23N5O2. The van der Waals surface area contributed by atoms with Crippen LogP contribution in [0, 0.1) is 0 Å². The Hall–Kier alpha value is -3.74. The van der Waals surface area contributed by atoms with Gasteiger partial charge in [0.05, 0.1) is 5.41 Å². The fraction of sp³-hybridized carbons (Fsp3) is 0.250. The smallest absolute Gasteiger partial charge is 0.255 e. The highest BCUT2D eigenvalue weighted by Crippen LogP contribution is 2.48. The summed E-state index contributed by atoms with van der Waals surface area (Å²) in [6.07, 6.45) is 4.78. The monoisotopic (exact) mass is 413 g/mol. The topological polar surface area (TPSA) is 78.4 Å². The summed E-state index contributed by atoms with van der Waals surface area (Å²) in [6, 6.07) is 16.7. The maximum atomic E-state index is 13.3. The lowest BCUT2D eigenvalue weighted by molar-refractivity contribution is -0.123. The molecule has 7 heteroatoms. The SMILES string of the molecule is CN1C(=O)C2(CCN(c3ncccn3)CC2)c2cc(C(=O)Nc3ccccc3)ccc21. The zero-order chi connectivity index (χ0) is 21.4. The largest absolute Gasteiger partial charge is 0.341 e. The van der Waals surface area contributed by atoms with Gasteiger partial charge in [0.25, 0.3) is 5.91 Å². The number of carbonyl (C=O) groups excluding carboxylic acids is 2. The molecule has 1 fully saturated rings. The van der Waals surface area contributed by atoms with E-state index < -0.39 is 5.41 Å². The molecule has 3 aromatic rings. The highest BCUT2D eigenvalue weighted by atomic mass is 16.2. The molecule has 0 unspecified atom stereocenters. The average Bonchev–Trinajstić information content (AvgIpc) is 3.02. The molecule has 1 spiro atoms. The minimum absolute atomic E-state index is 0.0942. The predicted octanol–water partition coefficient (Wildman–Crippen LogP) is 3.24. The van der Waals surface area contributed by atoms with Gasteiger partial charge < -0.3 is 15.1 Å². The maximum Gasteiger partial charge on any atom is 0.255 e. The second-order valence-corrected chi connectivity index (χ2v) is 8.03. The first kappa shape index (κ1) is 19.2. The summed E-state index contributed by atoms with van der Waals surface area (Å²) in [7, 11) is 1.81. The van der Waals surface area contributed by atoms with Crippen LogP contribution in [0.3, 0.4) is 0 Å². The number of aromatic nitrogens is 2. The Morgan fingerprint density at radius 1 is 1.00 bits per heavy atom. The van der Waals surface area contributed by atoms with Gasteiger partial charge in [-0.25, -0.2) is 9.97 Å². The van der Waals surface area contributed by atoms with Crippen molar-refractivity contribution < 1.29 is 9.59 Å². The summed E-state index contributed by atoms with van der Waals surface area (Å²) in [5, 5.41) is 2.93. The number of nitrogens with one attached hydrogen (secondary N) is 1. The van der Waals surface area contributed by atoms with E-state index in [0.29, 0.717) is 37.4 Å². The molecule has 1 N–H and O–H groups in total. The van der Waals surface area contributed by atoms with Crippen molar-refractivity contribution in [1.29, 1.82) is 0 Å². The minimum atomic E-state index is -0.613. The molecule has 156 valence electrons. The van der Waals surface area contributed by atoms with Gasteiger partial charge in [-0.05, 0) is 54.8 Å². The second kappa shape index (κ2) is 7.50. The molecule has 2 amide bonds. The van der Waals surface area contributed by atoms with Crippen LogP contribution < -0.4 is 15.1 Å². The van der Waals surface area contributed by atoms with E-state index in [4.69, 9.17) is 0 Å². The van der Waals surface area contributed by atoms with Crippen LogP contribution in [-0.2, 0) is 10.2 Å². The third-order valence-corrected chi connectivity index (χ3v) is 6.33. The van der Waals surface area contributed by atoms with Gasteiger partial charge in [-0.3, -0.25) is 9.59 Å². The van der Waals surface area contributed by atoms with Gasteiger partial charge in [0, 0.05) is 49.5 Å². The zero-order valence-electron chi connectivity index (χ0n) is 17.3. The van der Waals surface area contributed by atoms with E-state index in [1.807, 2.05) is 49.5 Å². The summed E-state index contributed by atoms with van der Waals surface area (Å²) in [5.74, 6) is 0.602. The number of carbonyl (C=O) groups is 2. The molecule has 2 aromatic carbocycles. The van der Waals surface area contributed by atoms with E-state index in [2.05, 4.69) is 20.2 Å². The molecule has 1 aromatic heterocycles. The number of para-hydroxylation sites is 1. The molecule has 31 heavy (non-hydrogen) atoms. The average molecular weight is 413 g/mol. The van der Waals surface area contributed by atoms with Crippen molar-refractivity contribution in [2.75, 3.05) is 35.3 Å². The summed E-state index contributed by atoms with van der Waals surface area (Å²) in [4.78, 5) is 38.7. The normalized spacial score (nSPS) is 17.0. The number of anilines is 3. The van der Waals surface area contributed by atoms with E-state index in [9.17, 15) is 9.59 Å². The van der Waals surface area contributed by atoms with Gasteiger partial charge in [0.2, 0.25) is 11.9 Å². The van der Waals surface area contributed by atoms with Crippen molar-refractivity contribution in [3.8, 4) is 0 Å². The second-order valence-electron chi connectivity index (χ2n) is 8.03. The Labute approximate surface area is 180 Å². The molecule has 0 atom stereocenters. The summed E-state index contributed by atoms with van der Waals surface area (Å²) in [5.41, 5.74) is 2.50. The summed E-state index contributed by atoms with van der Waals surface area (Å²) >= 11 is 0. The van der Waals surface area contributed by atoms with Crippen molar-refractivity contribution in [2.24, 2.45) is 0 Å². The predicted molar refractivity (Wildman–Crippen MR) is 119 cm³/mol. The van der Waals surface area contributed by atoms with E-state index in [-0.39, 0.29) is 11.8 Å². The molecule has 7 nitrogen and oxygen atoms in total. The standard InChI is InChI=1S/C24H23N5O2/c1-28-20-9-8-17(21(30)27-18-6-3-2-4-7-18)16-19(20)24(22(28)31)10-14-29(15-11-24)23-25-12-5-13-26-23/h2-9,12-13,16H,10-11,14-15H2,1H3,(H,27,30). The minimum Gasteiger partial charge on any atom is -0.341 e. The van der Waals surface area contributed by atoms with Crippen LogP contribution in [0.25, 0.3) is 0 Å². The first-order valence-electron chi connectivity index (χ1n) is 10.4. The quantitative estimate of drug-likeness (QED) is 0.713. The lowest BCUT2D eigenvalue weighted by atomic mass is 9.73. The number of likely N-dealkylation sites (N-methyl/N-ethyl adjacent to an activating group) is 1. The zero-order valence-corrected chi connectivity index (χ0v) is 17.3. The van der Waals surface area contributed by atoms with Crippen molar-refractivity contribution in [1.82, 2.24) is 9.97 Å². The first-order valence-corrected chi connectivity index (χ1v) is 10.4. The molecule has 0 aliphatic carbocycles. The number of rotatable bonds is 3. The third-order valence-electron chi connectivity index (χ3n) is 6.33. The number of nitrogens with zero attached hydrogens (tertiary/aromatic N) is 4. The van der Waals surface area contributed by atoms with E-state index in [1.165, 1.54) is 0 Å². The lowest BCUT2D eigenvalue weighted by Gasteiger charge is -2.38. The van der Waals surface area contributed by atoms with Crippen LogP contribution in [0.15, 0.2) is 67.0 Å². The molecule has 2 aliphatic heterocycles. The Morgan fingerprint density at radius 2 is 1.71 bits per heavy atom. The molecule has 2 aliphatic rings. The highest BCUT2D eigenvalue weighted by molar-refractivity contribution is 6.10. The third kappa shape index (κ3) is 3.22. The van der Waals surface area contributed by atoms with Gasteiger partial charge >= 0.3 is 0 Å². The molecule has 1 saturated heterocycles. The first-order chi connectivity index (χ1) is 15.1. The number of hydrogen-bond donors (Lipinski definition) is 1. The molecule has 0 radical (unpaired) electrons. The fourth-order valence-electron chi connectivity index (χ4n) is 4.65. The number of amides is 2.